The van der Waals surface area contributed by atoms with Crippen molar-refractivity contribution in [2.24, 2.45) is 5.41 Å². The van der Waals surface area contributed by atoms with Gasteiger partial charge in [0, 0.05) is 28.3 Å². The lowest BCUT2D eigenvalue weighted by molar-refractivity contribution is -0.136. The van der Waals surface area contributed by atoms with Gasteiger partial charge in [-0.15, -0.1) is 0 Å². The second-order valence-corrected chi connectivity index (χ2v) is 33.5. The highest BCUT2D eigenvalue weighted by molar-refractivity contribution is 7.71. The predicted molar refractivity (Wildman–Crippen MR) is 305 cm³/mol. The fourth-order valence-corrected chi connectivity index (χ4v) is 12.6. The summed E-state index contributed by atoms with van der Waals surface area (Å²) < 4.78 is 9.97. The monoisotopic (exact) mass is 962 g/mol. The van der Waals surface area contributed by atoms with E-state index in [-0.39, 0.29) is 49.2 Å². The van der Waals surface area contributed by atoms with Gasteiger partial charge in [0.05, 0.1) is 16.2 Å². The van der Waals surface area contributed by atoms with E-state index in [2.05, 4.69) is 271 Å². The predicted octanol–water partition coefficient (Wildman–Crippen LogP) is 16.4. The normalized spacial score (nSPS) is 14.5. The summed E-state index contributed by atoms with van der Waals surface area (Å²) in [5, 5.41) is 4.68. The number of amides is 1. The Morgan fingerprint density at radius 3 is 0.721 bits per heavy atom. The lowest BCUT2D eigenvalue weighted by Crippen LogP contribution is -2.46. The molecule has 4 rings (SSSR count). The summed E-state index contributed by atoms with van der Waals surface area (Å²) in [6.07, 6.45) is -0.767. The molecule has 0 radical (unpaired) electrons. The van der Waals surface area contributed by atoms with Gasteiger partial charge in [-0.05, 0) is 142 Å². The number of nitrogens with zero attached hydrogens (tertiary/aromatic N) is 1. The van der Waals surface area contributed by atoms with Crippen molar-refractivity contribution in [2.75, 3.05) is 7.05 Å². The van der Waals surface area contributed by atoms with Crippen molar-refractivity contribution in [3.8, 4) is 0 Å². The first-order valence-corrected chi connectivity index (χ1v) is 27.9. The van der Waals surface area contributed by atoms with Gasteiger partial charge in [0.15, 0.2) is 0 Å². The molecule has 0 spiro atoms. The first-order valence-electron chi connectivity index (χ1n) is 25.4. The highest BCUT2D eigenvalue weighted by atomic mass is 31.1. The zero-order valence-corrected chi connectivity index (χ0v) is 50.5. The Morgan fingerprint density at radius 2 is 0.544 bits per heavy atom. The Balaban J connectivity index is 2.18. The Morgan fingerprint density at radius 1 is 0.353 bits per heavy atom. The molecule has 0 aliphatic heterocycles. The minimum absolute atomic E-state index is 0.0130. The molecule has 4 aromatic rings. The van der Waals surface area contributed by atoms with Gasteiger partial charge in [0.2, 0.25) is 0 Å². The molecular weight excluding hydrogens is 865 g/mol. The summed E-state index contributed by atoms with van der Waals surface area (Å²) in [5.74, 6) is 0.0130. The number of benzene rings is 4. The number of likely N-dealkylation sites (N-methyl/N-ethyl adjacent to an activating group) is 1. The van der Waals surface area contributed by atoms with Crippen LogP contribution in [0.2, 0.25) is 0 Å². The average Bonchev–Trinajstić information content (AvgIpc) is 3.14. The quantitative estimate of drug-likeness (QED) is 0.165. The fraction of sp³-hybridized carbons (Fsp3) is 0.603. The Kier molecular flexibility index (Phi) is 16.4. The second-order valence-electron chi connectivity index (χ2n) is 29.4. The van der Waals surface area contributed by atoms with E-state index in [9.17, 15) is 0 Å². The molecule has 1 atom stereocenters. The lowest BCUT2D eigenvalue weighted by Gasteiger charge is -2.40. The van der Waals surface area contributed by atoms with Crippen molar-refractivity contribution in [1.29, 1.82) is 0 Å². The molecule has 1 amide bonds. The molecule has 0 fully saturated rings. The van der Waals surface area contributed by atoms with Gasteiger partial charge in [-0.2, -0.15) is 0 Å². The van der Waals surface area contributed by atoms with Gasteiger partial charge in [-0.25, -0.2) is 0 Å². The van der Waals surface area contributed by atoms with E-state index >= 15 is 4.79 Å². The number of hydrogen-bond acceptors (Lipinski definition) is 2. The van der Waals surface area contributed by atoms with E-state index in [1.54, 1.807) is 0 Å². The minimum atomic E-state index is -1.52. The van der Waals surface area contributed by atoms with Crippen LogP contribution in [0, 0.1) is 5.41 Å². The third-order valence-corrected chi connectivity index (χ3v) is 17.6. The maximum absolute atomic E-state index is 16.3. The molecule has 5 heteroatoms. The van der Waals surface area contributed by atoms with Gasteiger partial charge < -0.3 is 9.19 Å². The number of rotatable bonds is 8. The molecule has 376 valence electrons. The van der Waals surface area contributed by atoms with Crippen molar-refractivity contribution in [3.05, 3.63) is 117 Å². The van der Waals surface area contributed by atoms with Crippen LogP contribution in [0.3, 0.4) is 0 Å². The highest BCUT2D eigenvalue weighted by Gasteiger charge is 2.42. The third kappa shape index (κ3) is 14.2. The molecule has 0 bridgehead atoms. The van der Waals surface area contributed by atoms with E-state index in [1.165, 1.54) is 55.1 Å². The maximum atomic E-state index is 16.3. The third-order valence-electron chi connectivity index (χ3n) is 13.4. The molecule has 0 aromatic heterocycles. The molecule has 0 unspecified atom stereocenters. The molecule has 4 aromatic carbocycles. The van der Waals surface area contributed by atoms with E-state index in [0.717, 1.165) is 10.6 Å². The average molecular weight is 962 g/mol. The molecule has 3 nitrogen and oxygen atoms in total. The first-order chi connectivity index (χ1) is 30.2. The molecule has 0 aliphatic carbocycles. The van der Waals surface area contributed by atoms with Crippen LogP contribution in [0.5, 0.6) is 0 Å². The number of hydrogen-bond donors (Lipinski definition) is 0. The van der Waals surface area contributed by atoms with Crippen LogP contribution in [0.15, 0.2) is 72.8 Å². The van der Waals surface area contributed by atoms with Gasteiger partial charge in [0.1, 0.15) is 6.10 Å². The van der Waals surface area contributed by atoms with Crippen molar-refractivity contribution >= 4 is 43.3 Å². The first kappa shape index (κ1) is 57.7. The smallest absolute Gasteiger partial charge is 0.256 e. The Bertz CT molecular complexity index is 2150. The number of carbonyl (C=O) groups is 1. The van der Waals surface area contributed by atoms with Gasteiger partial charge in [-0.1, -0.05) is 211 Å². The maximum Gasteiger partial charge on any atom is 0.256 e. The summed E-state index contributed by atoms with van der Waals surface area (Å²) >= 11 is 0. The zero-order valence-electron chi connectivity index (χ0n) is 48.7. The van der Waals surface area contributed by atoms with Crippen LogP contribution in [0.4, 0.5) is 0 Å². The van der Waals surface area contributed by atoms with Crippen LogP contribution < -0.4 is 21.2 Å². The van der Waals surface area contributed by atoms with Gasteiger partial charge in [0.25, 0.3) is 5.91 Å². The molecule has 68 heavy (non-hydrogen) atoms. The molecule has 0 N–H and O–H groups in total. The van der Waals surface area contributed by atoms with Crippen LogP contribution in [-0.4, -0.2) is 23.7 Å². The molecular formula is C63H97NO2P2. The van der Waals surface area contributed by atoms with Crippen molar-refractivity contribution in [2.45, 2.75) is 236 Å². The molecule has 0 saturated carbocycles. The highest BCUT2D eigenvalue weighted by Crippen LogP contribution is 2.48. The Hall–Kier alpha value is -2.83. The summed E-state index contributed by atoms with van der Waals surface area (Å²) in [6, 6.07) is 28.8. The van der Waals surface area contributed by atoms with Crippen LogP contribution in [0.25, 0.3) is 0 Å². The van der Waals surface area contributed by atoms with Crippen molar-refractivity contribution < 1.29 is 9.32 Å². The van der Waals surface area contributed by atoms with Crippen LogP contribution in [-0.2, 0) is 52.6 Å². The fourth-order valence-electron chi connectivity index (χ4n) is 8.10. The van der Waals surface area contributed by atoms with E-state index in [1.807, 2.05) is 0 Å². The van der Waals surface area contributed by atoms with Crippen molar-refractivity contribution in [1.82, 2.24) is 4.67 Å². The molecule has 0 heterocycles. The SMILES string of the molecule is CN(C(=O)[C@@H](OP(c1cc(C(C)(C)C)cc(C(C)(C)C)c1)c1cc(C(C)(C)C)cc(C(C)(C)C)c1)C(C)(C)C)P(c1cc(C(C)(C)C)cc(C(C)(C)C)c1)c1cc(C(C)(C)C)cc(C(C)(C)C)c1. The molecule has 0 aliphatic rings. The summed E-state index contributed by atoms with van der Waals surface area (Å²) in [5.41, 5.74) is 8.89. The summed E-state index contributed by atoms with van der Waals surface area (Å²) in [4.78, 5) is 16.3. The second kappa shape index (κ2) is 19.3. The van der Waals surface area contributed by atoms with Crippen LogP contribution in [0.1, 0.15) is 231 Å². The van der Waals surface area contributed by atoms with E-state index < -0.39 is 27.7 Å². The van der Waals surface area contributed by atoms with Crippen molar-refractivity contribution in [3.63, 3.8) is 0 Å². The number of carbonyl (C=O) groups excluding carboxylic acids is 1. The topological polar surface area (TPSA) is 29.5 Å². The Labute approximate surface area is 421 Å². The largest absolute Gasteiger partial charge is 0.336 e. The molecule has 0 saturated heterocycles. The minimum Gasteiger partial charge on any atom is -0.336 e. The van der Waals surface area contributed by atoms with Gasteiger partial charge >= 0.3 is 0 Å². The summed E-state index contributed by atoms with van der Waals surface area (Å²) in [7, 11) is -0.840. The van der Waals surface area contributed by atoms with E-state index in [4.69, 9.17) is 4.52 Å². The van der Waals surface area contributed by atoms with E-state index in [0.29, 0.717) is 0 Å². The summed E-state index contributed by atoms with van der Waals surface area (Å²) in [6.45, 7) is 61.9. The zero-order chi connectivity index (χ0) is 52.5. The standard InChI is InChI=1S/C63H97NO2P2/c1-55(2,3)41-29-42(56(4,5)6)34-49(33-41)67(50-35-43(57(7,8)9)30-44(36-50)58(10,11)12)64(28)54(65)53(63(25,26)27)66-68(51-37-45(59(13,14)15)31-46(38-51)60(16,17)18)52-39-47(61(19,20)21)32-48(40-52)62(22,23)24/h29-40,53H,1-28H3/t53-/m1/s1. The van der Waals surface area contributed by atoms with Gasteiger partial charge in [-0.3, -0.25) is 4.79 Å². The lowest BCUT2D eigenvalue weighted by atomic mass is 9.81. The van der Waals surface area contributed by atoms with Crippen LogP contribution >= 0.6 is 16.2 Å².